The molecule has 0 saturated heterocycles. The van der Waals surface area contributed by atoms with E-state index in [9.17, 15) is 0 Å². The van der Waals surface area contributed by atoms with Gasteiger partial charge in [0.25, 0.3) is 0 Å². The van der Waals surface area contributed by atoms with Crippen LogP contribution in [0.5, 0.6) is 0 Å². The van der Waals surface area contributed by atoms with Crippen LogP contribution in [0.25, 0.3) is 0 Å². The van der Waals surface area contributed by atoms with Gasteiger partial charge in [0.05, 0.1) is 0 Å². The fraction of sp³-hybridized carbons (Fsp3) is 1.00. The molecular weight excluding hydrogens is 180 g/mol. The van der Waals surface area contributed by atoms with Crippen molar-refractivity contribution in [2.75, 3.05) is 0 Å². The minimum atomic E-state index is 0.625. The van der Waals surface area contributed by atoms with E-state index in [1.165, 1.54) is 32.1 Å². The van der Waals surface area contributed by atoms with Crippen molar-refractivity contribution >= 4 is 0 Å². The highest BCUT2D eigenvalue weighted by Crippen LogP contribution is 2.77. The molecule has 3 aliphatic carbocycles. The summed E-state index contributed by atoms with van der Waals surface area (Å²) in [4.78, 5) is 0. The molecule has 0 aromatic heterocycles. The van der Waals surface area contributed by atoms with E-state index in [-0.39, 0.29) is 0 Å². The summed E-state index contributed by atoms with van der Waals surface area (Å²) in [6, 6.07) is 0. The Morgan fingerprint density at radius 3 is 2.47 bits per heavy atom. The van der Waals surface area contributed by atoms with Crippen molar-refractivity contribution in [3.8, 4) is 0 Å². The Kier molecular flexibility index (Phi) is 1.78. The van der Waals surface area contributed by atoms with Gasteiger partial charge in [0, 0.05) is 0 Å². The molecule has 0 heteroatoms. The van der Waals surface area contributed by atoms with Gasteiger partial charge in [-0.2, -0.15) is 0 Å². The molecular formula is C15H26. The molecule has 0 N–H and O–H groups in total. The molecule has 3 aliphatic rings. The lowest BCUT2D eigenvalue weighted by Gasteiger charge is -2.42. The second-order valence-corrected chi connectivity index (χ2v) is 7.65. The smallest absolute Gasteiger partial charge is 0.0184 e. The summed E-state index contributed by atoms with van der Waals surface area (Å²) < 4.78 is 0. The highest BCUT2D eigenvalue weighted by molar-refractivity contribution is 5.18. The van der Waals surface area contributed by atoms with E-state index in [1.54, 1.807) is 6.42 Å². The molecule has 86 valence electrons. The molecule has 0 aromatic carbocycles. The molecule has 0 nitrogen and oxygen atoms in total. The van der Waals surface area contributed by atoms with Crippen LogP contribution in [0.2, 0.25) is 0 Å². The van der Waals surface area contributed by atoms with Crippen LogP contribution in [0.1, 0.15) is 66.2 Å². The highest BCUT2D eigenvalue weighted by atomic mass is 14.7. The van der Waals surface area contributed by atoms with Crippen molar-refractivity contribution < 1.29 is 0 Å². The Balaban J connectivity index is 2.12. The predicted octanol–water partition coefficient (Wildman–Crippen LogP) is 4.64. The van der Waals surface area contributed by atoms with E-state index >= 15 is 0 Å². The standard InChI is InChI=1S/C15H26/c1-11-6-7-12-13(2,3)10-14(4)8-5-9-15(11,12)14/h11-12H,5-10H2,1-4H3/t11-,12+,14+,15+/m0/s1. The second-order valence-electron chi connectivity index (χ2n) is 7.65. The van der Waals surface area contributed by atoms with E-state index in [4.69, 9.17) is 0 Å². The van der Waals surface area contributed by atoms with Gasteiger partial charge in [0.15, 0.2) is 0 Å². The van der Waals surface area contributed by atoms with Crippen molar-refractivity contribution in [1.82, 2.24) is 0 Å². The number of hydrogen-bond acceptors (Lipinski definition) is 0. The van der Waals surface area contributed by atoms with Crippen molar-refractivity contribution in [1.29, 1.82) is 0 Å². The predicted molar refractivity (Wildman–Crippen MR) is 64.7 cm³/mol. The molecule has 0 aliphatic heterocycles. The first-order valence-electron chi connectivity index (χ1n) is 6.92. The van der Waals surface area contributed by atoms with Crippen LogP contribution >= 0.6 is 0 Å². The zero-order valence-corrected chi connectivity index (χ0v) is 10.9. The van der Waals surface area contributed by atoms with Gasteiger partial charge in [-0.15, -0.1) is 0 Å². The summed E-state index contributed by atoms with van der Waals surface area (Å²) in [5.41, 5.74) is 2.06. The Morgan fingerprint density at radius 1 is 1.00 bits per heavy atom. The number of rotatable bonds is 0. The molecule has 3 rings (SSSR count). The summed E-state index contributed by atoms with van der Waals surface area (Å²) in [6.07, 6.45) is 9.08. The molecule has 0 amide bonds. The van der Waals surface area contributed by atoms with Crippen LogP contribution in [-0.2, 0) is 0 Å². The van der Waals surface area contributed by atoms with Gasteiger partial charge in [-0.3, -0.25) is 0 Å². The lowest BCUT2D eigenvalue weighted by Crippen LogP contribution is -2.37. The molecule has 0 unspecified atom stereocenters. The van der Waals surface area contributed by atoms with Crippen LogP contribution < -0.4 is 0 Å². The maximum absolute atomic E-state index is 2.61. The van der Waals surface area contributed by atoms with Crippen molar-refractivity contribution in [3.63, 3.8) is 0 Å². The van der Waals surface area contributed by atoms with Crippen molar-refractivity contribution in [3.05, 3.63) is 0 Å². The lowest BCUT2D eigenvalue weighted by atomic mass is 9.62. The monoisotopic (exact) mass is 206 g/mol. The number of hydrogen-bond donors (Lipinski definition) is 0. The Labute approximate surface area is 94.8 Å². The minimum absolute atomic E-state index is 0.625. The van der Waals surface area contributed by atoms with Crippen LogP contribution in [0.3, 0.4) is 0 Å². The average molecular weight is 206 g/mol. The normalized spacial score (nSPS) is 56.8. The zero-order chi connectivity index (χ0) is 10.9. The molecule has 1 spiro atoms. The van der Waals surface area contributed by atoms with Crippen LogP contribution in [0, 0.1) is 28.1 Å². The Hall–Kier alpha value is 0. The Morgan fingerprint density at radius 2 is 1.73 bits per heavy atom. The van der Waals surface area contributed by atoms with Gasteiger partial charge in [-0.25, -0.2) is 0 Å². The van der Waals surface area contributed by atoms with Gasteiger partial charge in [0.2, 0.25) is 0 Å². The molecule has 0 heterocycles. The molecule has 0 radical (unpaired) electrons. The fourth-order valence-electron chi connectivity index (χ4n) is 6.49. The van der Waals surface area contributed by atoms with Gasteiger partial charge < -0.3 is 0 Å². The van der Waals surface area contributed by atoms with Crippen molar-refractivity contribution in [2.45, 2.75) is 66.2 Å². The topological polar surface area (TPSA) is 0 Å². The summed E-state index contributed by atoms with van der Waals surface area (Å²) >= 11 is 0. The quantitative estimate of drug-likeness (QED) is 0.541. The summed E-state index contributed by atoms with van der Waals surface area (Å²) in [5, 5.41) is 0. The SMILES string of the molecule is C[C@H]1CC[C@@H]2C(C)(C)C[C@@]3(C)CCC[C@]213. The van der Waals surface area contributed by atoms with Gasteiger partial charge in [0.1, 0.15) is 0 Å². The molecule has 3 saturated carbocycles. The van der Waals surface area contributed by atoms with E-state index in [1.807, 2.05) is 0 Å². The third kappa shape index (κ3) is 0.953. The highest BCUT2D eigenvalue weighted by Gasteiger charge is 2.69. The second kappa shape index (κ2) is 2.63. The molecule has 3 fully saturated rings. The van der Waals surface area contributed by atoms with Gasteiger partial charge >= 0.3 is 0 Å². The van der Waals surface area contributed by atoms with E-state index in [2.05, 4.69) is 27.7 Å². The van der Waals surface area contributed by atoms with Crippen molar-refractivity contribution in [2.24, 2.45) is 28.1 Å². The van der Waals surface area contributed by atoms with Gasteiger partial charge in [-0.05, 0) is 60.2 Å². The zero-order valence-electron chi connectivity index (χ0n) is 10.9. The van der Waals surface area contributed by atoms with E-state index < -0.39 is 0 Å². The molecule has 4 atom stereocenters. The first kappa shape index (κ1) is 10.2. The maximum Gasteiger partial charge on any atom is -0.0184 e. The maximum atomic E-state index is 2.61. The first-order valence-corrected chi connectivity index (χ1v) is 6.92. The molecule has 15 heavy (non-hydrogen) atoms. The van der Waals surface area contributed by atoms with E-state index in [0.29, 0.717) is 10.8 Å². The molecule has 0 bridgehead atoms. The third-order valence-corrected chi connectivity index (χ3v) is 6.62. The van der Waals surface area contributed by atoms with Crippen LogP contribution in [-0.4, -0.2) is 0 Å². The summed E-state index contributed by atoms with van der Waals surface area (Å²) in [6.45, 7) is 10.2. The summed E-state index contributed by atoms with van der Waals surface area (Å²) in [7, 11) is 0. The Bertz CT molecular complexity index is 290. The minimum Gasteiger partial charge on any atom is -0.0619 e. The van der Waals surface area contributed by atoms with Crippen LogP contribution in [0.4, 0.5) is 0 Å². The lowest BCUT2D eigenvalue weighted by molar-refractivity contribution is 0.0539. The fourth-order valence-corrected chi connectivity index (χ4v) is 6.49. The van der Waals surface area contributed by atoms with Gasteiger partial charge in [-0.1, -0.05) is 34.1 Å². The third-order valence-electron chi connectivity index (χ3n) is 6.62. The van der Waals surface area contributed by atoms with E-state index in [0.717, 1.165) is 17.3 Å². The molecule has 0 aromatic rings. The first-order chi connectivity index (χ1) is 6.92. The largest absolute Gasteiger partial charge is 0.0619 e. The summed E-state index contributed by atoms with van der Waals surface area (Å²) in [5.74, 6) is 2.03. The average Bonchev–Trinajstić information content (AvgIpc) is 2.62. The van der Waals surface area contributed by atoms with Crippen LogP contribution in [0.15, 0.2) is 0 Å².